The number of nitrogens with one attached hydrogen (secondary N) is 1. The molecule has 1 aromatic heterocycles. The molecule has 4 nitrogen and oxygen atoms in total. The standard InChI is InChI=1S/C13H14BrN3O.ClH/c1-13(5-6-15-8-13)12-16-11(17-18-12)9-3-2-4-10(14)7-9;/h2-4,7,15H,5-6,8H2,1H3;1H. The number of hydrogen-bond acceptors (Lipinski definition) is 4. The molecule has 0 saturated carbocycles. The van der Waals surface area contributed by atoms with Crippen molar-refractivity contribution in [3.05, 3.63) is 34.6 Å². The first kappa shape index (κ1) is 14.5. The molecule has 1 aromatic carbocycles. The number of benzene rings is 1. The number of nitrogens with zero attached hydrogens (tertiary/aromatic N) is 2. The van der Waals surface area contributed by atoms with Gasteiger partial charge >= 0.3 is 0 Å². The van der Waals surface area contributed by atoms with E-state index < -0.39 is 0 Å². The topological polar surface area (TPSA) is 51.0 Å². The average molecular weight is 345 g/mol. The zero-order chi connectivity index (χ0) is 12.6. The molecule has 1 saturated heterocycles. The summed E-state index contributed by atoms with van der Waals surface area (Å²) in [5, 5.41) is 7.42. The second-order valence-corrected chi connectivity index (χ2v) is 5.84. The third kappa shape index (κ3) is 2.83. The van der Waals surface area contributed by atoms with Crippen LogP contribution in [0.5, 0.6) is 0 Å². The van der Waals surface area contributed by atoms with E-state index in [9.17, 15) is 0 Å². The van der Waals surface area contributed by atoms with Gasteiger partial charge in [0.2, 0.25) is 11.7 Å². The summed E-state index contributed by atoms with van der Waals surface area (Å²) >= 11 is 3.45. The van der Waals surface area contributed by atoms with Gasteiger partial charge in [0.1, 0.15) is 0 Å². The van der Waals surface area contributed by atoms with E-state index in [-0.39, 0.29) is 17.8 Å². The van der Waals surface area contributed by atoms with Crippen molar-refractivity contribution in [3.63, 3.8) is 0 Å². The zero-order valence-electron chi connectivity index (χ0n) is 10.5. The van der Waals surface area contributed by atoms with Crippen LogP contribution in [0, 0.1) is 0 Å². The quantitative estimate of drug-likeness (QED) is 0.909. The van der Waals surface area contributed by atoms with Gasteiger partial charge in [0.15, 0.2) is 0 Å². The average Bonchev–Trinajstić information content (AvgIpc) is 2.98. The van der Waals surface area contributed by atoms with Crippen molar-refractivity contribution >= 4 is 28.3 Å². The molecule has 0 radical (unpaired) electrons. The van der Waals surface area contributed by atoms with E-state index in [1.807, 2.05) is 24.3 Å². The molecular weight excluding hydrogens is 330 g/mol. The molecule has 1 unspecified atom stereocenters. The third-order valence-electron chi connectivity index (χ3n) is 3.39. The lowest BCUT2D eigenvalue weighted by Crippen LogP contribution is -2.25. The Kier molecular flexibility index (Phi) is 4.28. The zero-order valence-corrected chi connectivity index (χ0v) is 12.9. The second kappa shape index (κ2) is 5.61. The summed E-state index contributed by atoms with van der Waals surface area (Å²) in [6.45, 7) is 4.06. The fourth-order valence-corrected chi connectivity index (χ4v) is 2.61. The summed E-state index contributed by atoms with van der Waals surface area (Å²) in [7, 11) is 0. The van der Waals surface area contributed by atoms with Gasteiger partial charge in [-0.3, -0.25) is 0 Å². The molecular formula is C13H15BrClN3O. The van der Waals surface area contributed by atoms with Gasteiger partial charge in [0.05, 0.1) is 5.41 Å². The molecule has 1 aliphatic rings. The summed E-state index contributed by atoms with van der Waals surface area (Å²) in [5.74, 6) is 1.38. The van der Waals surface area contributed by atoms with Crippen LogP contribution < -0.4 is 5.32 Å². The molecule has 102 valence electrons. The van der Waals surface area contributed by atoms with Gasteiger partial charge in [-0.2, -0.15) is 4.98 Å². The van der Waals surface area contributed by atoms with Crippen molar-refractivity contribution in [3.8, 4) is 11.4 Å². The van der Waals surface area contributed by atoms with Gasteiger partial charge in [-0.25, -0.2) is 0 Å². The van der Waals surface area contributed by atoms with Gasteiger partial charge < -0.3 is 9.84 Å². The smallest absolute Gasteiger partial charge is 0.234 e. The monoisotopic (exact) mass is 343 g/mol. The molecule has 1 atom stereocenters. The van der Waals surface area contributed by atoms with Crippen LogP contribution in [0.2, 0.25) is 0 Å². The lowest BCUT2D eigenvalue weighted by atomic mass is 9.90. The van der Waals surface area contributed by atoms with E-state index in [1.54, 1.807) is 0 Å². The molecule has 2 heterocycles. The van der Waals surface area contributed by atoms with Gasteiger partial charge in [0.25, 0.3) is 0 Å². The van der Waals surface area contributed by atoms with Gasteiger partial charge in [-0.05, 0) is 32.0 Å². The Morgan fingerprint density at radius 2 is 2.26 bits per heavy atom. The molecule has 2 aromatic rings. The molecule has 1 aliphatic heterocycles. The predicted molar refractivity (Wildman–Crippen MR) is 79.5 cm³/mol. The highest BCUT2D eigenvalue weighted by atomic mass is 79.9. The Balaban J connectivity index is 0.00000133. The molecule has 1 fully saturated rings. The van der Waals surface area contributed by atoms with Crippen molar-refractivity contribution in [2.45, 2.75) is 18.8 Å². The van der Waals surface area contributed by atoms with Gasteiger partial charge in [0, 0.05) is 16.6 Å². The normalized spacial score (nSPS) is 22.2. The van der Waals surface area contributed by atoms with E-state index in [0.717, 1.165) is 35.4 Å². The molecule has 0 aliphatic carbocycles. The Bertz CT molecular complexity index is 567. The Labute approximate surface area is 126 Å². The SMILES string of the molecule is CC1(c2nc(-c3cccc(Br)c3)no2)CCNC1.Cl. The fraction of sp³-hybridized carbons (Fsp3) is 0.385. The van der Waals surface area contributed by atoms with Crippen molar-refractivity contribution in [2.75, 3.05) is 13.1 Å². The summed E-state index contributed by atoms with van der Waals surface area (Å²) in [4.78, 5) is 4.54. The van der Waals surface area contributed by atoms with Crippen molar-refractivity contribution in [2.24, 2.45) is 0 Å². The highest BCUT2D eigenvalue weighted by Gasteiger charge is 2.36. The second-order valence-electron chi connectivity index (χ2n) is 4.92. The minimum atomic E-state index is -0.0305. The van der Waals surface area contributed by atoms with Crippen LogP contribution in [0.1, 0.15) is 19.2 Å². The number of hydrogen-bond donors (Lipinski definition) is 1. The summed E-state index contributed by atoms with van der Waals surface area (Å²) < 4.78 is 6.44. The lowest BCUT2D eigenvalue weighted by Gasteiger charge is -2.15. The minimum Gasteiger partial charge on any atom is -0.338 e. The highest BCUT2D eigenvalue weighted by Crippen LogP contribution is 2.30. The van der Waals surface area contributed by atoms with Crippen LogP contribution in [0.15, 0.2) is 33.3 Å². The van der Waals surface area contributed by atoms with E-state index in [0.29, 0.717) is 5.82 Å². The minimum absolute atomic E-state index is 0. The van der Waals surface area contributed by atoms with Crippen LogP contribution in [-0.4, -0.2) is 23.2 Å². The van der Waals surface area contributed by atoms with E-state index in [4.69, 9.17) is 4.52 Å². The Morgan fingerprint density at radius 1 is 1.42 bits per heavy atom. The lowest BCUT2D eigenvalue weighted by molar-refractivity contribution is 0.306. The molecule has 1 N–H and O–H groups in total. The summed E-state index contributed by atoms with van der Waals surface area (Å²) in [5.41, 5.74) is 0.936. The number of aromatic nitrogens is 2. The van der Waals surface area contributed by atoms with Crippen molar-refractivity contribution in [1.82, 2.24) is 15.5 Å². The predicted octanol–water partition coefficient (Wildman–Crippen LogP) is 3.17. The fourth-order valence-electron chi connectivity index (χ4n) is 2.21. The van der Waals surface area contributed by atoms with Gasteiger partial charge in [-0.15, -0.1) is 12.4 Å². The van der Waals surface area contributed by atoms with Crippen LogP contribution in [0.4, 0.5) is 0 Å². The van der Waals surface area contributed by atoms with Gasteiger partial charge in [-0.1, -0.05) is 33.2 Å². The maximum Gasteiger partial charge on any atom is 0.234 e. The van der Waals surface area contributed by atoms with Crippen LogP contribution in [0.3, 0.4) is 0 Å². The molecule has 19 heavy (non-hydrogen) atoms. The van der Waals surface area contributed by atoms with E-state index >= 15 is 0 Å². The summed E-state index contributed by atoms with van der Waals surface area (Å²) in [6.07, 6.45) is 1.03. The van der Waals surface area contributed by atoms with Crippen LogP contribution in [0.25, 0.3) is 11.4 Å². The maximum atomic E-state index is 5.43. The first-order valence-electron chi connectivity index (χ1n) is 5.98. The summed E-state index contributed by atoms with van der Waals surface area (Å²) in [6, 6.07) is 7.92. The van der Waals surface area contributed by atoms with E-state index in [2.05, 4.69) is 38.3 Å². The molecule has 0 amide bonds. The van der Waals surface area contributed by atoms with E-state index in [1.165, 1.54) is 0 Å². The number of rotatable bonds is 2. The largest absolute Gasteiger partial charge is 0.338 e. The van der Waals surface area contributed by atoms with Crippen molar-refractivity contribution < 1.29 is 4.52 Å². The molecule has 0 bridgehead atoms. The highest BCUT2D eigenvalue weighted by molar-refractivity contribution is 9.10. The molecule has 6 heteroatoms. The molecule has 3 rings (SSSR count). The maximum absolute atomic E-state index is 5.43. The molecule has 0 spiro atoms. The first-order chi connectivity index (χ1) is 8.67. The number of halogens is 2. The Morgan fingerprint density at radius 3 is 2.95 bits per heavy atom. The van der Waals surface area contributed by atoms with Crippen LogP contribution >= 0.6 is 28.3 Å². The first-order valence-corrected chi connectivity index (χ1v) is 6.78. The van der Waals surface area contributed by atoms with Crippen LogP contribution in [-0.2, 0) is 5.41 Å². The Hall–Kier alpha value is -0.910. The van der Waals surface area contributed by atoms with Crippen molar-refractivity contribution in [1.29, 1.82) is 0 Å². The third-order valence-corrected chi connectivity index (χ3v) is 3.89.